The summed E-state index contributed by atoms with van der Waals surface area (Å²) in [6.45, 7) is 13.8. The molecule has 0 aromatic carbocycles. The van der Waals surface area contributed by atoms with Crippen LogP contribution in [0.3, 0.4) is 0 Å². The molecule has 0 bridgehead atoms. The van der Waals surface area contributed by atoms with E-state index in [1.807, 2.05) is 12.1 Å². The van der Waals surface area contributed by atoms with E-state index < -0.39 is 23.0 Å². The maximum absolute atomic E-state index is 13.0. The summed E-state index contributed by atoms with van der Waals surface area (Å²) in [5, 5.41) is 0. The largest absolute Gasteiger partial charge is 0.472 e. The minimum Gasteiger partial charge on any atom is -0.472 e. The average Bonchev–Trinajstić information content (AvgIpc) is 3.32. The van der Waals surface area contributed by atoms with Crippen LogP contribution in [-0.4, -0.2) is 30.1 Å². The van der Waals surface area contributed by atoms with Crippen molar-refractivity contribution in [1.29, 1.82) is 0 Å². The molecule has 1 aromatic heterocycles. The molecule has 5 rings (SSSR count). The van der Waals surface area contributed by atoms with Crippen molar-refractivity contribution in [1.82, 2.24) is 0 Å². The van der Waals surface area contributed by atoms with Crippen molar-refractivity contribution >= 4 is 17.9 Å². The minimum atomic E-state index is -0.597. The molecular formula is C30H38O7. The Morgan fingerprint density at radius 3 is 2.35 bits per heavy atom. The molecule has 0 amide bonds. The second kappa shape index (κ2) is 8.34. The Balaban J connectivity index is 1.66. The van der Waals surface area contributed by atoms with Gasteiger partial charge in [-0.15, -0.1) is 0 Å². The van der Waals surface area contributed by atoms with E-state index in [-0.39, 0.29) is 46.7 Å². The van der Waals surface area contributed by atoms with Gasteiger partial charge in [0.2, 0.25) is 0 Å². The standard InChI is InChI=1S/C30H38O7/c1-17(31)35-23-9-12-28(5)20-8-11-29(6)22(15-25(33)37-26(29)19-10-13-34-16-19)30(20,7)24(36-18(2)32)14-21(28)27(23,3)4/h9-10,12-13,15-16,20-21,23-24,26H,8,11,14H2,1-7H3/t20-,21-,23+,24-,26-,28+,29+,30+/m0/s1. The molecule has 7 heteroatoms. The molecule has 2 fully saturated rings. The van der Waals surface area contributed by atoms with Gasteiger partial charge in [-0.05, 0) is 54.2 Å². The Morgan fingerprint density at radius 1 is 1.03 bits per heavy atom. The van der Waals surface area contributed by atoms with Crippen molar-refractivity contribution in [3.63, 3.8) is 0 Å². The Labute approximate surface area is 218 Å². The highest BCUT2D eigenvalue weighted by atomic mass is 16.6. The first-order valence-electron chi connectivity index (χ1n) is 13.2. The van der Waals surface area contributed by atoms with E-state index >= 15 is 0 Å². The number of furan rings is 1. The van der Waals surface area contributed by atoms with Gasteiger partial charge in [0, 0.05) is 41.7 Å². The molecule has 0 N–H and O–H groups in total. The predicted octanol–water partition coefficient (Wildman–Crippen LogP) is 5.71. The molecule has 4 aliphatic rings. The molecule has 1 aromatic rings. The number of carbonyl (C=O) groups is 3. The van der Waals surface area contributed by atoms with Crippen molar-refractivity contribution in [3.05, 3.63) is 48.0 Å². The van der Waals surface area contributed by atoms with Gasteiger partial charge in [0.15, 0.2) is 0 Å². The fourth-order valence-corrected chi connectivity index (χ4v) is 8.66. The summed E-state index contributed by atoms with van der Waals surface area (Å²) in [5.41, 5.74) is 0.0988. The highest BCUT2D eigenvalue weighted by molar-refractivity contribution is 5.85. The molecule has 8 atom stereocenters. The highest BCUT2D eigenvalue weighted by Gasteiger charge is 2.69. The Morgan fingerprint density at radius 2 is 1.73 bits per heavy atom. The van der Waals surface area contributed by atoms with Gasteiger partial charge in [-0.2, -0.15) is 0 Å². The van der Waals surface area contributed by atoms with E-state index in [2.05, 4.69) is 40.7 Å². The molecular weight excluding hydrogens is 472 g/mol. The van der Waals surface area contributed by atoms with E-state index in [1.165, 1.54) is 13.8 Å². The number of cyclic esters (lactones) is 1. The van der Waals surface area contributed by atoms with Gasteiger partial charge < -0.3 is 18.6 Å². The Bertz CT molecular complexity index is 1180. The summed E-state index contributed by atoms with van der Waals surface area (Å²) in [6, 6.07) is 1.85. The zero-order chi connectivity index (χ0) is 27.0. The van der Waals surface area contributed by atoms with E-state index in [9.17, 15) is 14.4 Å². The number of rotatable bonds is 3. The topological polar surface area (TPSA) is 92.0 Å². The molecule has 200 valence electrons. The lowest BCUT2D eigenvalue weighted by Gasteiger charge is -2.68. The Hall–Kier alpha value is -2.83. The number of esters is 3. The first-order valence-corrected chi connectivity index (χ1v) is 13.2. The van der Waals surface area contributed by atoms with Crippen LogP contribution in [0, 0.1) is 33.5 Å². The zero-order valence-corrected chi connectivity index (χ0v) is 22.8. The fourth-order valence-electron chi connectivity index (χ4n) is 8.66. The normalized spacial score (nSPS) is 41.9. The molecule has 37 heavy (non-hydrogen) atoms. The molecule has 2 saturated carbocycles. The summed E-state index contributed by atoms with van der Waals surface area (Å²) >= 11 is 0. The van der Waals surface area contributed by atoms with Crippen molar-refractivity contribution in [2.75, 3.05) is 0 Å². The third-order valence-electron chi connectivity index (χ3n) is 10.3. The quantitative estimate of drug-likeness (QED) is 0.292. The van der Waals surface area contributed by atoms with Crippen LogP contribution in [0.2, 0.25) is 0 Å². The van der Waals surface area contributed by atoms with Crippen molar-refractivity contribution in [2.24, 2.45) is 33.5 Å². The number of hydrogen-bond acceptors (Lipinski definition) is 7. The number of carbonyl (C=O) groups excluding carboxylic acids is 3. The zero-order valence-electron chi connectivity index (χ0n) is 22.8. The number of hydrogen-bond donors (Lipinski definition) is 0. The van der Waals surface area contributed by atoms with Gasteiger partial charge in [-0.3, -0.25) is 9.59 Å². The average molecular weight is 511 g/mol. The smallest absolute Gasteiger partial charge is 0.331 e. The monoisotopic (exact) mass is 510 g/mol. The Kier molecular flexibility index (Phi) is 5.81. The van der Waals surface area contributed by atoms with Gasteiger partial charge in [0.1, 0.15) is 18.3 Å². The molecule has 2 heterocycles. The summed E-state index contributed by atoms with van der Waals surface area (Å²) < 4.78 is 23.1. The van der Waals surface area contributed by atoms with Gasteiger partial charge >= 0.3 is 17.9 Å². The summed E-state index contributed by atoms with van der Waals surface area (Å²) in [4.78, 5) is 37.4. The van der Waals surface area contributed by atoms with Crippen molar-refractivity contribution < 1.29 is 33.0 Å². The van der Waals surface area contributed by atoms with E-state index in [0.717, 1.165) is 24.0 Å². The van der Waals surface area contributed by atoms with Gasteiger partial charge in [-0.1, -0.05) is 40.7 Å². The number of allylic oxidation sites excluding steroid dienone is 1. The van der Waals surface area contributed by atoms with Crippen molar-refractivity contribution in [2.45, 2.75) is 86.0 Å². The lowest BCUT2D eigenvalue weighted by atomic mass is 9.38. The van der Waals surface area contributed by atoms with Crippen LogP contribution >= 0.6 is 0 Å². The second-order valence-corrected chi connectivity index (χ2v) is 12.7. The summed E-state index contributed by atoms with van der Waals surface area (Å²) in [5.74, 6) is -0.863. The number of ether oxygens (including phenoxy) is 3. The van der Waals surface area contributed by atoms with Gasteiger partial charge in [-0.25, -0.2) is 4.79 Å². The molecule has 7 nitrogen and oxygen atoms in total. The van der Waals surface area contributed by atoms with Crippen LogP contribution in [-0.2, 0) is 28.6 Å². The van der Waals surface area contributed by atoms with Crippen LogP contribution in [0.15, 0.2) is 46.8 Å². The lowest BCUT2D eigenvalue weighted by Crippen LogP contribution is -2.65. The van der Waals surface area contributed by atoms with E-state index in [1.54, 1.807) is 18.6 Å². The third-order valence-corrected chi connectivity index (χ3v) is 10.3. The van der Waals surface area contributed by atoms with Crippen molar-refractivity contribution in [3.8, 4) is 0 Å². The molecule has 0 spiro atoms. The summed E-state index contributed by atoms with van der Waals surface area (Å²) in [6.07, 6.45) is 10.1. The van der Waals surface area contributed by atoms with Gasteiger partial charge in [0.25, 0.3) is 0 Å². The maximum Gasteiger partial charge on any atom is 0.331 e. The highest BCUT2D eigenvalue weighted by Crippen LogP contribution is 2.72. The van der Waals surface area contributed by atoms with Gasteiger partial charge in [0.05, 0.1) is 12.5 Å². The fraction of sp³-hybridized carbons (Fsp3) is 0.633. The summed E-state index contributed by atoms with van der Waals surface area (Å²) in [7, 11) is 0. The predicted molar refractivity (Wildman–Crippen MR) is 135 cm³/mol. The molecule has 0 radical (unpaired) electrons. The van der Waals surface area contributed by atoms with Crippen LogP contribution in [0.1, 0.15) is 79.4 Å². The van der Waals surface area contributed by atoms with Crippen LogP contribution in [0.5, 0.6) is 0 Å². The molecule has 1 aliphatic heterocycles. The van der Waals surface area contributed by atoms with Crippen LogP contribution in [0.4, 0.5) is 0 Å². The third kappa shape index (κ3) is 3.63. The van der Waals surface area contributed by atoms with E-state index in [4.69, 9.17) is 18.6 Å². The SMILES string of the molecule is CC(=O)O[C@H]1C[C@H]2C(C)(C)[C@H](OC(C)=O)C=C[C@]2(C)[C@@H]2CC[C@]3(C)C(=CC(=O)O[C@H]3c3ccoc3)[C@]12C. The molecule has 0 unspecified atom stereocenters. The first kappa shape index (κ1) is 25.8. The minimum absolute atomic E-state index is 0.0851. The first-order chi connectivity index (χ1) is 17.2. The molecule has 0 saturated heterocycles. The maximum atomic E-state index is 13.0. The second-order valence-electron chi connectivity index (χ2n) is 12.7. The molecule has 3 aliphatic carbocycles. The van der Waals surface area contributed by atoms with Crippen LogP contribution < -0.4 is 0 Å². The van der Waals surface area contributed by atoms with E-state index in [0.29, 0.717) is 6.42 Å². The lowest BCUT2D eigenvalue weighted by molar-refractivity contribution is -0.204. The van der Waals surface area contributed by atoms with Crippen LogP contribution in [0.25, 0.3) is 0 Å². The number of fused-ring (bicyclic) bond motifs is 5.